The first-order chi connectivity index (χ1) is 9.56. The molecule has 2 N–H and O–H groups in total. The molecule has 0 radical (unpaired) electrons. The van der Waals surface area contributed by atoms with E-state index in [2.05, 4.69) is 5.32 Å². The van der Waals surface area contributed by atoms with Crippen molar-refractivity contribution in [3.8, 4) is 5.75 Å². The zero-order valence-corrected chi connectivity index (χ0v) is 13.8. The molecule has 0 spiro atoms. The molecule has 0 aromatic heterocycles. The first kappa shape index (κ1) is 19.7. The number of carboxylic acid groups (broad SMARTS) is 1. The van der Waals surface area contributed by atoms with Gasteiger partial charge >= 0.3 is 5.97 Å². The minimum atomic E-state index is -0.775. The number of halogens is 1. The lowest BCUT2D eigenvalue weighted by Crippen LogP contribution is -2.37. The predicted octanol–water partition coefficient (Wildman–Crippen LogP) is 3.34. The highest BCUT2D eigenvalue weighted by molar-refractivity contribution is 5.85. The van der Waals surface area contributed by atoms with Gasteiger partial charge in [0.2, 0.25) is 0 Å². The molecule has 0 amide bonds. The first-order valence-electron chi connectivity index (χ1n) is 7.21. The van der Waals surface area contributed by atoms with Gasteiger partial charge in [-0.05, 0) is 44.4 Å². The molecule has 120 valence electrons. The summed E-state index contributed by atoms with van der Waals surface area (Å²) in [5.74, 6) is 0.165. The number of carbonyl (C=O) groups is 1. The van der Waals surface area contributed by atoms with E-state index in [1.165, 1.54) is 0 Å². The molecule has 5 heteroatoms. The summed E-state index contributed by atoms with van der Waals surface area (Å²) in [4.78, 5) is 11.0. The van der Waals surface area contributed by atoms with Crippen LogP contribution in [-0.2, 0) is 4.79 Å². The van der Waals surface area contributed by atoms with Crippen molar-refractivity contribution >= 4 is 18.4 Å². The minimum absolute atomic E-state index is 0. The number of rotatable bonds is 9. The van der Waals surface area contributed by atoms with Crippen molar-refractivity contribution in [1.82, 2.24) is 5.32 Å². The van der Waals surface area contributed by atoms with Gasteiger partial charge in [0.05, 0.1) is 6.61 Å². The summed E-state index contributed by atoms with van der Waals surface area (Å²) in [5, 5.41) is 12.1. The standard InChI is InChI=1S/C16H25NO3.ClH/c1-4-7-14(16(18)19)17-10-6-11-20-15-12(2)8-5-9-13(15)3;/h5,8-9,14,17H,4,6-7,10-11H2,1-3H3,(H,18,19);1H. The van der Waals surface area contributed by atoms with Crippen LogP contribution in [0.15, 0.2) is 18.2 Å². The molecule has 4 nitrogen and oxygen atoms in total. The monoisotopic (exact) mass is 315 g/mol. The average Bonchev–Trinajstić information content (AvgIpc) is 2.39. The maximum atomic E-state index is 11.0. The quantitative estimate of drug-likeness (QED) is 0.686. The lowest BCUT2D eigenvalue weighted by molar-refractivity contribution is -0.139. The van der Waals surface area contributed by atoms with Gasteiger partial charge in [-0.3, -0.25) is 4.79 Å². The fourth-order valence-electron chi connectivity index (χ4n) is 2.15. The lowest BCUT2D eigenvalue weighted by Gasteiger charge is -2.15. The number of benzene rings is 1. The summed E-state index contributed by atoms with van der Waals surface area (Å²) in [5.41, 5.74) is 2.26. The molecule has 1 atom stereocenters. The van der Waals surface area contributed by atoms with Crippen molar-refractivity contribution < 1.29 is 14.6 Å². The molecule has 0 aliphatic carbocycles. The van der Waals surface area contributed by atoms with E-state index in [-0.39, 0.29) is 12.4 Å². The Labute approximate surface area is 133 Å². The van der Waals surface area contributed by atoms with Crippen molar-refractivity contribution in [3.63, 3.8) is 0 Å². The fraction of sp³-hybridized carbons (Fsp3) is 0.562. The van der Waals surface area contributed by atoms with E-state index < -0.39 is 12.0 Å². The maximum absolute atomic E-state index is 11.0. The van der Waals surface area contributed by atoms with Crippen LogP contribution in [0.5, 0.6) is 5.75 Å². The molecule has 0 bridgehead atoms. The first-order valence-corrected chi connectivity index (χ1v) is 7.21. The van der Waals surface area contributed by atoms with E-state index in [1.807, 2.05) is 39.0 Å². The molecular formula is C16H26ClNO3. The summed E-state index contributed by atoms with van der Waals surface area (Å²) >= 11 is 0. The minimum Gasteiger partial charge on any atom is -0.493 e. The van der Waals surface area contributed by atoms with Crippen LogP contribution in [-0.4, -0.2) is 30.3 Å². The van der Waals surface area contributed by atoms with E-state index in [4.69, 9.17) is 9.84 Å². The summed E-state index contributed by atoms with van der Waals surface area (Å²) in [6.45, 7) is 7.30. The van der Waals surface area contributed by atoms with Gasteiger partial charge in [-0.25, -0.2) is 0 Å². The number of hydrogen-bond acceptors (Lipinski definition) is 3. The van der Waals surface area contributed by atoms with Crippen molar-refractivity contribution in [2.75, 3.05) is 13.2 Å². The van der Waals surface area contributed by atoms with E-state index in [1.54, 1.807) is 0 Å². The van der Waals surface area contributed by atoms with Crippen LogP contribution < -0.4 is 10.1 Å². The maximum Gasteiger partial charge on any atom is 0.320 e. The molecule has 1 rings (SSSR count). The van der Waals surface area contributed by atoms with Gasteiger partial charge in [-0.15, -0.1) is 12.4 Å². The summed E-state index contributed by atoms with van der Waals surface area (Å²) in [7, 11) is 0. The van der Waals surface area contributed by atoms with Gasteiger partial charge in [0.15, 0.2) is 0 Å². The third kappa shape index (κ3) is 6.82. The third-order valence-corrected chi connectivity index (χ3v) is 3.24. The van der Waals surface area contributed by atoms with Crippen LogP contribution in [0.25, 0.3) is 0 Å². The van der Waals surface area contributed by atoms with Crippen molar-refractivity contribution in [1.29, 1.82) is 0 Å². The zero-order valence-electron chi connectivity index (χ0n) is 13.0. The Hall–Kier alpha value is -1.26. The van der Waals surface area contributed by atoms with E-state index in [9.17, 15) is 4.79 Å². The second-order valence-electron chi connectivity index (χ2n) is 5.06. The Morgan fingerprint density at radius 1 is 1.33 bits per heavy atom. The van der Waals surface area contributed by atoms with Crippen LogP contribution in [0, 0.1) is 13.8 Å². The number of nitrogens with one attached hydrogen (secondary N) is 1. The van der Waals surface area contributed by atoms with Crippen LogP contribution in [0.2, 0.25) is 0 Å². The molecule has 21 heavy (non-hydrogen) atoms. The Morgan fingerprint density at radius 3 is 2.48 bits per heavy atom. The number of aryl methyl sites for hydroxylation is 2. The number of ether oxygens (including phenoxy) is 1. The molecule has 0 aliphatic rings. The molecule has 1 aromatic rings. The van der Waals surface area contributed by atoms with Crippen LogP contribution in [0.4, 0.5) is 0 Å². The molecule has 0 aliphatic heterocycles. The fourth-order valence-corrected chi connectivity index (χ4v) is 2.15. The summed E-state index contributed by atoms with van der Waals surface area (Å²) < 4.78 is 5.78. The Balaban J connectivity index is 0.00000400. The highest BCUT2D eigenvalue weighted by atomic mass is 35.5. The van der Waals surface area contributed by atoms with Gasteiger partial charge in [0, 0.05) is 0 Å². The van der Waals surface area contributed by atoms with E-state index >= 15 is 0 Å². The molecule has 0 saturated carbocycles. The highest BCUT2D eigenvalue weighted by Gasteiger charge is 2.14. The van der Waals surface area contributed by atoms with Crippen LogP contribution >= 0.6 is 12.4 Å². The van der Waals surface area contributed by atoms with Gasteiger partial charge < -0.3 is 15.2 Å². The molecule has 0 heterocycles. The SMILES string of the molecule is CCCC(NCCCOc1c(C)cccc1C)C(=O)O.Cl. The zero-order chi connectivity index (χ0) is 15.0. The lowest BCUT2D eigenvalue weighted by atomic mass is 10.1. The molecule has 0 saturated heterocycles. The van der Waals surface area contributed by atoms with Crippen molar-refractivity contribution in [2.45, 2.75) is 46.1 Å². The second kappa shape index (κ2) is 10.5. The topological polar surface area (TPSA) is 58.6 Å². The Morgan fingerprint density at radius 2 is 1.95 bits per heavy atom. The predicted molar refractivity (Wildman–Crippen MR) is 87.6 cm³/mol. The molecule has 1 unspecified atom stereocenters. The molecular weight excluding hydrogens is 290 g/mol. The summed E-state index contributed by atoms with van der Waals surface area (Å²) in [6, 6.07) is 5.63. The normalized spacial score (nSPS) is 11.6. The Bertz CT molecular complexity index is 417. The largest absolute Gasteiger partial charge is 0.493 e. The molecule has 1 aromatic carbocycles. The van der Waals surface area contributed by atoms with Gasteiger partial charge in [-0.1, -0.05) is 31.5 Å². The van der Waals surface area contributed by atoms with Crippen molar-refractivity contribution in [3.05, 3.63) is 29.3 Å². The number of aliphatic carboxylic acids is 1. The number of hydrogen-bond donors (Lipinski definition) is 2. The van der Waals surface area contributed by atoms with Crippen molar-refractivity contribution in [2.24, 2.45) is 0 Å². The van der Waals surface area contributed by atoms with Gasteiger partial charge in [0.1, 0.15) is 11.8 Å². The van der Waals surface area contributed by atoms with E-state index in [0.717, 1.165) is 29.7 Å². The van der Waals surface area contributed by atoms with E-state index in [0.29, 0.717) is 19.6 Å². The average molecular weight is 316 g/mol. The smallest absolute Gasteiger partial charge is 0.320 e. The Kier molecular flexibility index (Phi) is 9.84. The summed E-state index contributed by atoms with van der Waals surface area (Å²) in [6.07, 6.45) is 2.32. The number of para-hydroxylation sites is 1. The number of carboxylic acids is 1. The van der Waals surface area contributed by atoms with Crippen LogP contribution in [0.3, 0.4) is 0 Å². The highest BCUT2D eigenvalue weighted by Crippen LogP contribution is 2.22. The van der Waals surface area contributed by atoms with Gasteiger partial charge in [-0.2, -0.15) is 0 Å². The van der Waals surface area contributed by atoms with Crippen LogP contribution in [0.1, 0.15) is 37.3 Å². The third-order valence-electron chi connectivity index (χ3n) is 3.24. The van der Waals surface area contributed by atoms with Gasteiger partial charge in [0.25, 0.3) is 0 Å². The molecule has 0 fully saturated rings. The second-order valence-corrected chi connectivity index (χ2v) is 5.06.